The molecular weight excluding hydrogens is 330 g/mol. The molecule has 0 radical (unpaired) electrons. The van der Waals surface area contributed by atoms with E-state index in [9.17, 15) is 9.59 Å². The fraction of sp³-hybridized carbons (Fsp3) is 0.294. The Bertz CT molecular complexity index is 770. The van der Waals surface area contributed by atoms with E-state index in [0.29, 0.717) is 19.6 Å². The van der Waals surface area contributed by atoms with Gasteiger partial charge in [-0.25, -0.2) is 4.79 Å². The van der Waals surface area contributed by atoms with Crippen molar-refractivity contribution in [2.24, 2.45) is 5.92 Å². The summed E-state index contributed by atoms with van der Waals surface area (Å²) >= 11 is 1.16. The van der Waals surface area contributed by atoms with Gasteiger partial charge in [0, 0.05) is 4.88 Å². The molecule has 1 aromatic heterocycles. The first-order valence-corrected chi connectivity index (χ1v) is 8.28. The summed E-state index contributed by atoms with van der Waals surface area (Å²) in [5.74, 6) is 0.184. The lowest BCUT2D eigenvalue weighted by atomic mass is 9.96. The smallest absolute Gasteiger partial charge is 0.345 e. The van der Waals surface area contributed by atoms with Crippen molar-refractivity contribution in [3.8, 4) is 11.5 Å². The molecule has 126 valence electrons. The average molecular weight is 347 g/mol. The van der Waals surface area contributed by atoms with Crippen molar-refractivity contribution in [3.63, 3.8) is 0 Å². The first kappa shape index (κ1) is 16.3. The number of hydrogen-bond acceptors (Lipinski definition) is 5. The van der Waals surface area contributed by atoms with Crippen LogP contribution in [0.5, 0.6) is 11.5 Å². The average Bonchev–Trinajstić information content (AvgIpc) is 3.08. The Labute approximate surface area is 143 Å². The second-order valence-electron chi connectivity index (χ2n) is 5.47. The predicted octanol–water partition coefficient (Wildman–Crippen LogP) is 2.32. The summed E-state index contributed by atoms with van der Waals surface area (Å²) < 4.78 is 10.9. The van der Waals surface area contributed by atoms with Gasteiger partial charge in [0.1, 0.15) is 23.0 Å². The van der Waals surface area contributed by atoms with E-state index in [4.69, 9.17) is 14.6 Å². The lowest BCUT2D eigenvalue weighted by Crippen LogP contribution is -2.36. The molecule has 0 saturated heterocycles. The van der Waals surface area contributed by atoms with Crippen molar-refractivity contribution in [2.75, 3.05) is 13.7 Å². The molecule has 1 atom stereocenters. The van der Waals surface area contributed by atoms with Crippen LogP contribution < -0.4 is 14.8 Å². The highest BCUT2D eigenvalue weighted by atomic mass is 32.1. The quantitative estimate of drug-likeness (QED) is 0.867. The van der Waals surface area contributed by atoms with Crippen LogP contribution in [0.15, 0.2) is 30.3 Å². The zero-order valence-corrected chi connectivity index (χ0v) is 13.9. The molecule has 2 N–H and O–H groups in total. The fourth-order valence-corrected chi connectivity index (χ4v) is 3.36. The van der Waals surface area contributed by atoms with Gasteiger partial charge in [-0.1, -0.05) is 0 Å². The molecule has 2 heterocycles. The van der Waals surface area contributed by atoms with Gasteiger partial charge in [0.25, 0.3) is 0 Å². The van der Waals surface area contributed by atoms with E-state index in [-0.39, 0.29) is 16.7 Å². The van der Waals surface area contributed by atoms with Gasteiger partial charge in [-0.15, -0.1) is 11.3 Å². The lowest BCUT2D eigenvalue weighted by molar-refractivity contribution is -0.126. The minimum absolute atomic E-state index is 0.103. The number of aromatic carboxylic acids is 1. The molecule has 1 aliphatic heterocycles. The van der Waals surface area contributed by atoms with Gasteiger partial charge in [-0.05, 0) is 42.3 Å². The number of carbonyl (C=O) groups is 2. The number of thiophene rings is 1. The van der Waals surface area contributed by atoms with Crippen molar-refractivity contribution in [2.45, 2.75) is 13.0 Å². The molecule has 2 aromatic rings. The topological polar surface area (TPSA) is 84.9 Å². The zero-order chi connectivity index (χ0) is 17.1. The number of amides is 1. The highest BCUT2D eigenvalue weighted by Gasteiger charge is 2.26. The Morgan fingerprint density at radius 2 is 2.21 bits per heavy atom. The first-order chi connectivity index (χ1) is 11.6. The van der Waals surface area contributed by atoms with Gasteiger partial charge in [-0.3, -0.25) is 4.79 Å². The highest BCUT2D eigenvalue weighted by molar-refractivity contribution is 7.13. The molecule has 6 nitrogen and oxygen atoms in total. The number of benzene rings is 1. The van der Waals surface area contributed by atoms with Crippen molar-refractivity contribution >= 4 is 23.2 Å². The molecule has 3 rings (SSSR count). The van der Waals surface area contributed by atoms with Gasteiger partial charge >= 0.3 is 5.97 Å². The summed E-state index contributed by atoms with van der Waals surface area (Å²) in [5, 5.41) is 11.8. The number of rotatable bonds is 5. The van der Waals surface area contributed by atoms with E-state index in [1.54, 1.807) is 19.2 Å². The third-order valence-electron chi connectivity index (χ3n) is 3.85. The monoisotopic (exact) mass is 347 g/mol. The van der Waals surface area contributed by atoms with Crippen molar-refractivity contribution < 1.29 is 24.2 Å². The van der Waals surface area contributed by atoms with Crippen LogP contribution in [0, 0.1) is 5.92 Å². The van der Waals surface area contributed by atoms with Crippen LogP contribution in [0.3, 0.4) is 0 Å². The number of carbonyl (C=O) groups excluding carboxylic acids is 1. The molecular formula is C17H17NO5S. The number of hydrogen-bond donors (Lipinski definition) is 2. The van der Waals surface area contributed by atoms with E-state index >= 15 is 0 Å². The largest absolute Gasteiger partial charge is 0.497 e. The summed E-state index contributed by atoms with van der Waals surface area (Å²) in [5.41, 5.74) is 0.949. The first-order valence-electron chi connectivity index (χ1n) is 7.46. The number of carboxylic acids is 1. The Hall–Kier alpha value is -2.54. The fourth-order valence-electron chi connectivity index (χ4n) is 2.57. The molecule has 1 amide bonds. The second-order valence-corrected chi connectivity index (χ2v) is 6.64. The number of nitrogens with one attached hydrogen (secondary N) is 1. The molecule has 24 heavy (non-hydrogen) atoms. The standard InChI is InChI=1S/C17H17NO5S/c1-22-12-2-4-14-10(7-12)6-11(9-23-14)16(19)18-8-13-3-5-15(24-13)17(20)21/h2-5,7,11H,6,8-9H2,1H3,(H,18,19)(H,20,21). The molecule has 0 saturated carbocycles. The van der Waals surface area contributed by atoms with Crippen LogP contribution in [-0.2, 0) is 17.8 Å². The van der Waals surface area contributed by atoms with Crippen LogP contribution in [-0.4, -0.2) is 30.7 Å². The molecule has 0 spiro atoms. The number of carboxylic acid groups (broad SMARTS) is 1. The second kappa shape index (κ2) is 6.92. The molecule has 1 aliphatic rings. The summed E-state index contributed by atoms with van der Waals surface area (Å²) in [6.07, 6.45) is 0.586. The van der Waals surface area contributed by atoms with Crippen molar-refractivity contribution in [1.82, 2.24) is 5.32 Å². The highest BCUT2D eigenvalue weighted by Crippen LogP contribution is 2.30. The Kier molecular flexibility index (Phi) is 4.71. The SMILES string of the molecule is COc1ccc2c(c1)CC(C(=O)NCc1ccc(C(=O)O)s1)CO2. The Morgan fingerprint density at radius 1 is 1.38 bits per heavy atom. The summed E-state index contributed by atoms with van der Waals surface area (Å²) in [4.78, 5) is 24.3. The van der Waals surface area contributed by atoms with Crippen LogP contribution in [0.4, 0.5) is 0 Å². The third kappa shape index (κ3) is 3.51. The van der Waals surface area contributed by atoms with Gasteiger partial charge in [0.2, 0.25) is 5.91 Å². The predicted molar refractivity (Wildman–Crippen MR) is 88.8 cm³/mol. The molecule has 1 aromatic carbocycles. The maximum absolute atomic E-state index is 12.3. The zero-order valence-electron chi connectivity index (χ0n) is 13.1. The molecule has 0 bridgehead atoms. The van der Waals surface area contributed by atoms with Crippen LogP contribution in [0.25, 0.3) is 0 Å². The molecule has 0 fully saturated rings. The van der Waals surface area contributed by atoms with Gasteiger partial charge < -0.3 is 19.9 Å². The minimum Gasteiger partial charge on any atom is -0.497 e. The summed E-state index contributed by atoms with van der Waals surface area (Å²) in [7, 11) is 1.60. The van der Waals surface area contributed by atoms with Crippen LogP contribution in [0.1, 0.15) is 20.1 Å². The number of ether oxygens (including phenoxy) is 2. The maximum atomic E-state index is 12.3. The summed E-state index contributed by atoms with van der Waals surface area (Å²) in [6, 6.07) is 8.82. The van der Waals surface area contributed by atoms with Crippen molar-refractivity contribution in [1.29, 1.82) is 0 Å². The van der Waals surface area contributed by atoms with Crippen LogP contribution in [0.2, 0.25) is 0 Å². The van der Waals surface area contributed by atoms with E-state index in [0.717, 1.165) is 33.3 Å². The van der Waals surface area contributed by atoms with Gasteiger partial charge in [-0.2, -0.15) is 0 Å². The van der Waals surface area contributed by atoms with Gasteiger partial charge in [0.05, 0.1) is 19.6 Å². The maximum Gasteiger partial charge on any atom is 0.345 e. The Morgan fingerprint density at radius 3 is 2.92 bits per heavy atom. The molecule has 7 heteroatoms. The van der Waals surface area contributed by atoms with Crippen molar-refractivity contribution in [3.05, 3.63) is 45.6 Å². The normalized spacial score (nSPS) is 16.0. The van der Waals surface area contributed by atoms with Gasteiger partial charge in [0.15, 0.2) is 0 Å². The van der Waals surface area contributed by atoms with E-state index in [2.05, 4.69) is 5.32 Å². The minimum atomic E-state index is -0.955. The molecule has 1 unspecified atom stereocenters. The number of methoxy groups -OCH3 is 1. The lowest BCUT2D eigenvalue weighted by Gasteiger charge is -2.24. The van der Waals surface area contributed by atoms with Crippen LogP contribution >= 0.6 is 11.3 Å². The third-order valence-corrected chi connectivity index (χ3v) is 4.93. The molecule has 0 aliphatic carbocycles. The van der Waals surface area contributed by atoms with E-state index < -0.39 is 5.97 Å². The number of fused-ring (bicyclic) bond motifs is 1. The summed E-state index contributed by atoms with van der Waals surface area (Å²) in [6.45, 7) is 0.647. The Balaban J connectivity index is 1.60. The van der Waals surface area contributed by atoms with E-state index in [1.807, 2.05) is 18.2 Å². The van der Waals surface area contributed by atoms with E-state index in [1.165, 1.54) is 0 Å².